The second kappa shape index (κ2) is 10.5. The van der Waals surface area contributed by atoms with Gasteiger partial charge in [-0.3, -0.25) is 14.4 Å². The van der Waals surface area contributed by atoms with Gasteiger partial charge in [0, 0.05) is 11.7 Å². The van der Waals surface area contributed by atoms with Gasteiger partial charge in [-0.15, -0.1) is 0 Å². The van der Waals surface area contributed by atoms with Gasteiger partial charge in [0.1, 0.15) is 17.4 Å². The molecule has 3 aliphatic heterocycles. The first-order valence-corrected chi connectivity index (χ1v) is 13.9. The van der Waals surface area contributed by atoms with Gasteiger partial charge in [0.2, 0.25) is 17.7 Å². The number of benzene rings is 1. The summed E-state index contributed by atoms with van der Waals surface area (Å²) in [5.74, 6) is -1.93. The summed E-state index contributed by atoms with van der Waals surface area (Å²) in [6.45, 7) is 13.8. The number of carbonyl (C=O) groups excluding carboxylic acids is 3. The fourth-order valence-electron chi connectivity index (χ4n) is 6.93. The average molecular weight is 530 g/mol. The summed E-state index contributed by atoms with van der Waals surface area (Å²) in [4.78, 5) is 43.5. The second-order valence-corrected chi connectivity index (χ2v) is 11.7. The first-order chi connectivity index (χ1) is 17.9. The van der Waals surface area contributed by atoms with E-state index >= 15 is 0 Å². The second-order valence-electron chi connectivity index (χ2n) is 11.7. The summed E-state index contributed by atoms with van der Waals surface area (Å²) in [6.07, 6.45) is 1.21. The highest BCUT2D eigenvalue weighted by Gasteiger charge is 2.80. The molecule has 1 spiro atoms. The topological polar surface area (TPSA) is 117 Å². The molecule has 3 fully saturated rings. The van der Waals surface area contributed by atoms with E-state index in [1.165, 1.54) is 0 Å². The lowest BCUT2D eigenvalue weighted by atomic mass is 9.62. The number of aliphatic hydroxyl groups is 1. The molecule has 38 heavy (non-hydrogen) atoms. The number of hydrogen-bond donors (Lipinski definition) is 3. The van der Waals surface area contributed by atoms with Gasteiger partial charge in [0.25, 0.3) is 0 Å². The predicted molar refractivity (Wildman–Crippen MR) is 143 cm³/mol. The summed E-state index contributed by atoms with van der Waals surface area (Å²) < 4.78 is 12.2. The van der Waals surface area contributed by atoms with Gasteiger partial charge < -0.3 is 30.1 Å². The van der Waals surface area contributed by atoms with Crippen molar-refractivity contribution < 1.29 is 29.0 Å². The Bertz CT molecular complexity index is 1060. The number of rotatable bonds is 10. The molecule has 4 rings (SSSR count). The molecule has 3 unspecified atom stereocenters. The summed E-state index contributed by atoms with van der Waals surface area (Å²) in [7, 11) is 0. The van der Waals surface area contributed by atoms with Gasteiger partial charge >= 0.3 is 0 Å². The highest BCUT2D eigenvalue weighted by atomic mass is 16.5. The van der Waals surface area contributed by atoms with Crippen LogP contribution in [0.15, 0.2) is 24.3 Å². The van der Waals surface area contributed by atoms with E-state index in [1.54, 1.807) is 29.2 Å². The molecule has 8 atom stereocenters. The SMILES string of the molecule is CCOc1ccc(NC(=O)[C@H]2[C@H]3C(=O)N([C@@H](CO)[C@@H](C)CC)C(C(=O)NC(C)C)C34CC(C)[C@]2(C)O4)cc1. The van der Waals surface area contributed by atoms with Gasteiger partial charge in [-0.05, 0) is 70.2 Å². The van der Waals surface area contributed by atoms with Gasteiger partial charge in [-0.25, -0.2) is 0 Å². The van der Waals surface area contributed by atoms with Crippen LogP contribution in [0, 0.1) is 23.7 Å². The Labute approximate surface area is 225 Å². The number of amides is 3. The summed E-state index contributed by atoms with van der Waals surface area (Å²) in [5.41, 5.74) is -1.47. The molecule has 9 nitrogen and oxygen atoms in total. The van der Waals surface area contributed by atoms with Crippen LogP contribution < -0.4 is 15.4 Å². The minimum absolute atomic E-state index is 0.0464. The van der Waals surface area contributed by atoms with Crippen molar-refractivity contribution in [1.82, 2.24) is 10.2 Å². The number of aliphatic hydroxyl groups excluding tert-OH is 1. The molecule has 0 aromatic heterocycles. The normalized spacial score (nSPS) is 33.3. The number of ether oxygens (including phenoxy) is 2. The molecule has 1 aromatic carbocycles. The summed E-state index contributed by atoms with van der Waals surface area (Å²) >= 11 is 0. The smallest absolute Gasteiger partial charge is 0.246 e. The standard InChI is InChI=1S/C29H43N3O6/c1-8-17(5)21(15-33)32-24(26(35)30-16(3)4)29-14-18(6)28(7,38-29)22(23(29)27(32)36)25(34)31-19-10-12-20(13-11-19)37-9-2/h10-13,16-18,21-24,33H,8-9,14-15H2,1-7H3,(H,30,35)(H,31,34)/t17-,18?,21-,22+,23-,24?,28-,29?/m0/s1. The van der Waals surface area contributed by atoms with E-state index in [1.807, 2.05) is 48.5 Å². The molecular weight excluding hydrogens is 486 g/mol. The fourth-order valence-corrected chi connectivity index (χ4v) is 6.93. The Morgan fingerprint density at radius 2 is 1.84 bits per heavy atom. The van der Waals surface area contributed by atoms with Crippen LogP contribution in [-0.2, 0) is 19.1 Å². The van der Waals surface area contributed by atoms with E-state index in [0.29, 0.717) is 24.5 Å². The Balaban J connectivity index is 1.75. The zero-order valence-electron chi connectivity index (χ0n) is 23.6. The molecule has 3 N–H and O–H groups in total. The van der Waals surface area contributed by atoms with Crippen molar-refractivity contribution in [2.24, 2.45) is 23.7 Å². The third kappa shape index (κ3) is 4.37. The lowest BCUT2D eigenvalue weighted by Crippen LogP contribution is -2.60. The number of nitrogens with one attached hydrogen (secondary N) is 2. The predicted octanol–water partition coefficient (Wildman–Crippen LogP) is 2.97. The summed E-state index contributed by atoms with van der Waals surface area (Å²) in [5, 5.41) is 16.4. The molecule has 0 aliphatic carbocycles. The van der Waals surface area contributed by atoms with Crippen LogP contribution in [0.3, 0.4) is 0 Å². The van der Waals surface area contributed by atoms with Crippen LogP contribution in [0.25, 0.3) is 0 Å². The highest BCUT2D eigenvalue weighted by molar-refractivity contribution is 6.02. The van der Waals surface area contributed by atoms with Crippen molar-refractivity contribution in [3.8, 4) is 5.75 Å². The quantitative estimate of drug-likeness (QED) is 0.429. The van der Waals surface area contributed by atoms with E-state index in [9.17, 15) is 19.5 Å². The average Bonchev–Trinajstić information content (AvgIpc) is 3.37. The van der Waals surface area contributed by atoms with Crippen molar-refractivity contribution >= 4 is 23.4 Å². The molecular formula is C29H43N3O6. The third-order valence-electron chi connectivity index (χ3n) is 8.99. The Morgan fingerprint density at radius 1 is 1.18 bits per heavy atom. The van der Waals surface area contributed by atoms with Gasteiger partial charge in [0.05, 0.1) is 36.7 Å². The fraction of sp³-hybridized carbons (Fsp3) is 0.690. The van der Waals surface area contributed by atoms with Crippen molar-refractivity contribution in [1.29, 1.82) is 0 Å². The minimum atomic E-state index is -1.15. The Kier molecular flexibility index (Phi) is 7.83. The number of hydrogen-bond acceptors (Lipinski definition) is 6. The maximum atomic E-state index is 14.3. The molecule has 0 saturated carbocycles. The van der Waals surface area contributed by atoms with Crippen LogP contribution in [-0.4, -0.2) is 70.3 Å². The highest BCUT2D eigenvalue weighted by Crippen LogP contribution is 2.65. The molecule has 3 amide bonds. The Morgan fingerprint density at radius 3 is 2.39 bits per heavy atom. The minimum Gasteiger partial charge on any atom is -0.494 e. The maximum absolute atomic E-state index is 14.3. The number of fused-ring (bicyclic) bond motifs is 1. The zero-order valence-corrected chi connectivity index (χ0v) is 23.6. The van der Waals surface area contributed by atoms with E-state index < -0.39 is 35.1 Å². The van der Waals surface area contributed by atoms with Gasteiger partial charge in [0.15, 0.2) is 0 Å². The molecule has 3 saturated heterocycles. The van der Waals surface area contributed by atoms with Crippen LogP contribution in [0.5, 0.6) is 5.75 Å². The van der Waals surface area contributed by atoms with Crippen LogP contribution in [0.2, 0.25) is 0 Å². The van der Waals surface area contributed by atoms with Crippen LogP contribution in [0.1, 0.15) is 61.3 Å². The molecule has 0 radical (unpaired) electrons. The first-order valence-electron chi connectivity index (χ1n) is 13.9. The molecule has 2 bridgehead atoms. The van der Waals surface area contributed by atoms with Crippen LogP contribution in [0.4, 0.5) is 5.69 Å². The number of anilines is 1. The zero-order chi connectivity index (χ0) is 28.0. The third-order valence-corrected chi connectivity index (χ3v) is 8.99. The van der Waals surface area contributed by atoms with Gasteiger partial charge in [-0.2, -0.15) is 0 Å². The number of nitrogens with zero attached hydrogens (tertiary/aromatic N) is 1. The monoisotopic (exact) mass is 529 g/mol. The van der Waals surface area contributed by atoms with Crippen molar-refractivity contribution in [2.75, 3.05) is 18.5 Å². The molecule has 1 aromatic rings. The molecule has 3 aliphatic rings. The number of carbonyl (C=O) groups is 3. The van der Waals surface area contributed by atoms with Crippen molar-refractivity contribution in [2.45, 2.75) is 90.6 Å². The molecule has 9 heteroatoms. The van der Waals surface area contributed by atoms with E-state index in [-0.39, 0.29) is 42.2 Å². The van der Waals surface area contributed by atoms with Crippen LogP contribution >= 0.6 is 0 Å². The largest absolute Gasteiger partial charge is 0.494 e. The number of likely N-dealkylation sites (tertiary alicyclic amines) is 1. The van der Waals surface area contributed by atoms with E-state index in [2.05, 4.69) is 10.6 Å². The first kappa shape index (κ1) is 28.4. The lowest BCUT2D eigenvalue weighted by Gasteiger charge is -2.39. The maximum Gasteiger partial charge on any atom is 0.246 e. The molecule has 210 valence electrons. The van der Waals surface area contributed by atoms with Crippen molar-refractivity contribution in [3.05, 3.63) is 24.3 Å². The van der Waals surface area contributed by atoms with Gasteiger partial charge in [-0.1, -0.05) is 27.2 Å². The molecule has 3 heterocycles. The Hall–Kier alpha value is -2.65. The van der Waals surface area contributed by atoms with E-state index in [0.717, 1.165) is 6.42 Å². The van der Waals surface area contributed by atoms with E-state index in [4.69, 9.17) is 9.47 Å². The van der Waals surface area contributed by atoms with Crippen molar-refractivity contribution in [3.63, 3.8) is 0 Å². The lowest BCUT2D eigenvalue weighted by molar-refractivity contribution is -0.151. The summed E-state index contributed by atoms with van der Waals surface area (Å²) in [6, 6.07) is 5.48.